The molecule has 3 rings (SSSR count). The molecule has 1 unspecified atom stereocenters. The Kier molecular flexibility index (Phi) is 14.5. The highest BCUT2D eigenvalue weighted by molar-refractivity contribution is 6.24. The van der Waals surface area contributed by atoms with Crippen LogP contribution in [0.25, 0.3) is 0 Å². The number of benzene rings is 1. The predicted octanol–water partition coefficient (Wildman–Crippen LogP) is -0.360. The Labute approximate surface area is 265 Å². The van der Waals surface area contributed by atoms with Gasteiger partial charge in [-0.2, -0.15) is 0 Å². The van der Waals surface area contributed by atoms with E-state index in [0.717, 1.165) is 4.90 Å². The average molecular weight is 649 g/mol. The minimum atomic E-state index is -1.10. The van der Waals surface area contributed by atoms with Crippen molar-refractivity contribution in [1.82, 2.24) is 20.9 Å². The molecule has 0 spiro atoms. The zero-order chi connectivity index (χ0) is 33.5. The molecule has 6 amide bonds. The average Bonchev–Trinajstić information content (AvgIpc) is 3.27. The van der Waals surface area contributed by atoms with Crippen LogP contribution in [0.1, 0.15) is 59.7 Å². The van der Waals surface area contributed by atoms with Crippen LogP contribution in [-0.4, -0.2) is 117 Å². The number of carbonyl (C=O) groups excluding carboxylic acids is 6. The van der Waals surface area contributed by atoms with Gasteiger partial charge in [0.2, 0.25) is 17.7 Å². The molecule has 16 nitrogen and oxygen atoms in total. The molecular weight excluding hydrogens is 608 g/mol. The van der Waals surface area contributed by atoms with Gasteiger partial charge in [0.05, 0.1) is 43.5 Å². The second-order valence-corrected chi connectivity index (χ2v) is 10.6. The fraction of sp³-hybridized carbons (Fsp3) is 0.567. The van der Waals surface area contributed by atoms with Gasteiger partial charge in [0, 0.05) is 39.1 Å². The van der Waals surface area contributed by atoms with Crippen LogP contribution >= 0.6 is 0 Å². The van der Waals surface area contributed by atoms with Gasteiger partial charge in [-0.25, -0.2) is 0 Å². The molecule has 0 saturated carbocycles. The SMILES string of the molecule is C[C@@H](CC(=O)NCCCOCCOCCOCCCNC(=O)COc1cccc2c1C(=O)N(C1CCC(=O)NC1=O)C2=O)C(=O)O. The summed E-state index contributed by atoms with van der Waals surface area (Å²) >= 11 is 0. The van der Waals surface area contributed by atoms with Crippen molar-refractivity contribution in [3.05, 3.63) is 29.3 Å². The molecule has 46 heavy (non-hydrogen) atoms. The molecule has 0 bridgehead atoms. The van der Waals surface area contributed by atoms with Crippen LogP contribution in [0.5, 0.6) is 5.75 Å². The van der Waals surface area contributed by atoms with Crippen LogP contribution in [0, 0.1) is 5.92 Å². The molecule has 2 aliphatic heterocycles. The first-order valence-corrected chi connectivity index (χ1v) is 15.1. The van der Waals surface area contributed by atoms with Crippen LogP contribution < -0.4 is 20.7 Å². The van der Waals surface area contributed by atoms with Crippen LogP contribution in [-0.2, 0) is 38.2 Å². The lowest BCUT2D eigenvalue weighted by molar-refractivity contribution is -0.143. The van der Waals surface area contributed by atoms with E-state index in [1.807, 2.05) is 0 Å². The van der Waals surface area contributed by atoms with E-state index in [4.69, 9.17) is 24.1 Å². The van der Waals surface area contributed by atoms with Gasteiger partial charge in [0.25, 0.3) is 17.7 Å². The summed E-state index contributed by atoms with van der Waals surface area (Å²) in [5, 5.41) is 16.3. The van der Waals surface area contributed by atoms with E-state index in [-0.39, 0.29) is 42.0 Å². The Morgan fingerprint density at radius 1 is 0.913 bits per heavy atom. The number of amides is 6. The maximum absolute atomic E-state index is 13.1. The molecule has 252 valence electrons. The lowest BCUT2D eigenvalue weighted by Crippen LogP contribution is -2.54. The number of imide groups is 2. The van der Waals surface area contributed by atoms with E-state index < -0.39 is 54.1 Å². The van der Waals surface area contributed by atoms with Gasteiger partial charge in [0.15, 0.2) is 6.61 Å². The number of carboxylic acids is 1. The summed E-state index contributed by atoms with van der Waals surface area (Å²) < 4.78 is 21.8. The van der Waals surface area contributed by atoms with E-state index in [9.17, 15) is 33.6 Å². The van der Waals surface area contributed by atoms with Crippen molar-refractivity contribution < 1.29 is 57.6 Å². The summed E-state index contributed by atoms with van der Waals surface area (Å²) in [4.78, 5) is 85.1. The zero-order valence-corrected chi connectivity index (χ0v) is 25.7. The Bertz CT molecular complexity index is 1290. The first-order valence-electron chi connectivity index (χ1n) is 15.1. The number of ether oxygens (including phenoxy) is 4. The normalized spacial score (nSPS) is 16.5. The third kappa shape index (κ3) is 10.9. The number of piperidine rings is 1. The summed E-state index contributed by atoms with van der Waals surface area (Å²) in [5.74, 6) is -4.98. The summed E-state index contributed by atoms with van der Waals surface area (Å²) in [5.41, 5.74) is 0.0317. The maximum atomic E-state index is 13.1. The number of hydrogen-bond acceptors (Lipinski definition) is 11. The Balaban J connectivity index is 1.19. The molecule has 1 fully saturated rings. The zero-order valence-electron chi connectivity index (χ0n) is 25.7. The predicted molar refractivity (Wildman–Crippen MR) is 158 cm³/mol. The standard InChI is InChI=1S/C30H40N4O12/c1-19(30(41)42)17-24(36)31-9-3-11-43-13-15-45-16-14-44-12-4-10-32-25(37)18-46-22-6-2-5-20-26(22)29(40)34(28(20)39)21-7-8-23(35)33-27(21)38/h2,5-6,19,21H,3-4,7-18H2,1H3,(H,31,36)(H,32,37)(H,41,42)(H,33,35,38)/t19-,21?/m0/s1. The van der Waals surface area contributed by atoms with Crippen LogP contribution in [0.3, 0.4) is 0 Å². The highest BCUT2D eigenvalue weighted by atomic mass is 16.5. The van der Waals surface area contributed by atoms with Crippen LogP contribution in [0.4, 0.5) is 0 Å². The highest BCUT2D eigenvalue weighted by Gasteiger charge is 2.46. The topological polar surface area (TPSA) is 216 Å². The molecule has 0 radical (unpaired) electrons. The summed E-state index contributed by atoms with van der Waals surface area (Å²) in [6.07, 6.45) is 1.12. The van der Waals surface area contributed by atoms with E-state index in [0.29, 0.717) is 65.6 Å². The molecule has 0 aliphatic carbocycles. The number of nitrogens with zero attached hydrogens (tertiary/aromatic N) is 1. The van der Waals surface area contributed by atoms with Crippen molar-refractivity contribution in [2.75, 3.05) is 59.3 Å². The van der Waals surface area contributed by atoms with Crippen molar-refractivity contribution in [1.29, 1.82) is 0 Å². The molecule has 4 N–H and O–H groups in total. The van der Waals surface area contributed by atoms with E-state index >= 15 is 0 Å². The Hall–Kier alpha value is -4.41. The molecular formula is C30H40N4O12. The van der Waals surface area contributed by atoms with Gasteiger partial charge in [-0.05, 0) is 31.4 Å². The maximum Gasteiger partial charge on any atom is 0.306 e. The summed E-state index contributed by atoms with van der Waals surface area (Å²) in [6.45, 7) is 4.11. The Morgan fingerprint density at radius 2 is 1.52 bits per heavy atom. The van der Waals surface area contributed by atoms with Crippen molar-refractivity contribution in [3.8, 4) is 5.75 Å². The third-order valence-electron chi connectivity index (χ3n) is 7.02. The smallest absolute Gasteiger partial charge is 0.306 e. The Morgan fingerprint density at radius 3 is 2.13 bits per heavy atom. The van der Waals surface area contributed by atoms with Crippen LogP contribution in [0.2, 0.25) is 0 Å². The molecule has 2 aliphatic rings. The van der Waals surface area contributed by atoms with E-state index in [2.05, 4.69) is 16.0 Å². The van der Waals surface area contributed by atoms with Crippen molar-refractivity contribution in [2.24, 2.45) is 5.92 Å². The molecule has 0 aromatic heterocycles. The molecule has 16 heteroatoms. The summed E-state index contributed by atoms with van der Waals surface area (Å²) in [6, 6.07) is 3.32. The molecule has 2 heterocycles. The van der Waals surface area contributed by atoms with Crippen molar-refractivity contribution in [2.45, 2.75) is 45.1 Å². The molecule has 1 aromatic rings. The quantitative estimate of drug-likeness (QED) is 0.0993. The van der Waals surface area contributed by atoms with Gasteiger partial charge in [-0.3, -0.25) is 43.8 Å². The number of rotatable bonds is 21. The number of carboxylic acid groups (broad SMARTS) is 1. The first-order chi connectivity index (χ1) is 22.1. The minimum Gasteiger partial charge on any atom is -0.483 e. The van der Waals surface area contributed by atoms with Gasteiger partial charge >= 0.3 is 5.97 Å². The van der Waals surface area contributed by atoms with Crippen molar-refractivity contribution >= 4 is 41.4 Å². The van der Waals surface area contributed by atoms with E-state index in [1.54, 1.807) is 0 Å². The minimum absolute atomic E-state index is 0.00827. The van der Waals surface area contributed by atoms with Gasteiger partial charge in [0.1, 0.15) is 11.8 Å². The second kappa shape index (κ2) is 18.5. The third-order valence-corrected chi connectivity index (χ3v) is 7.02. The number of nitrogens with one attached hydrogen (secondary N) is 3. The monoisotopic (exact) mass is 648 g/mol. The molecule has 1 saturated heterocycles. The van der Waals surface area contributed by atoms with Gasteiger partial charge in [-0.1, -0.05) is 13.0 Å². The van der Waals surface area contributed by atoms with Gasteiger partial charge in [-0.15, -0.1) is 0 Å². The van der Waals surface area contributed by atoms with E-state index in [1.165, 1.54) is 25.1 Å². The fourth-order valence-corrected chi connectivity index (χ4v) is 4.58. The number of fused-ring (bicyclic) bond motifs is 1. The van der Waals surface area contributed by atoms with Crippen molar-refractivity contribution in [3.63, 3.8) is 0 Å². The highest BCUT2D eigenvalue weighted by Crippen LogP contribution is 2.33. The summed E-state index contributed by atoms with van der Waals surface area (Å²) in [7, 11) is 0. The number of aliphatic carboxylic acids is 1. The van der Waals surface area contributed by atoms with Gasteiger partial charge < -0.3 is 34.7 Å². The molecule has 1 aromatic carbocycles. The largest absolute Gasteiger partial charge is 0.483 e. The number of carbonyl (C=O) groups is 7. The first kappa shape index (κ1) is 36.1. The fourth-order valence-electron chi connectivity index (χ4n) is 4.58. The lowest BCUT2D eigenvalue weighted by atomic mass is 10.0. The van der Waals surface area contributed by atoms with Crippen LogP contribution in [0.15, 0.2) is 18.2 Å². The lowest BCUT2D eigenvalue weighted by Gasteiger charge is -2.27. The number of hydrogen-bond donors (Lipinski definition) is 4. The molecule has 2 atom stereocenters. The second-order valence-electron chi connectivity index (χ2n) is 10.6.